The van der Waals surface area contributed by atoms with E-state index < -0.39 is 0 Å². The molecule has 1 aromatic heterocycles. The van der Waals surface area contributed by atoms with E-state index in [0.29, 0.717) is 0 Å². The van der Waals surface area contributed by atoms with Gasteiger partial charge >= 0.3 is 0 Å². The van der Waals surface area contributed by atoms with E-state index in [4.69, 9.17) is 0 Å². The maximum Gasteiger partial charge on any atom is 0.262 e. The van der Waals surface area contributed by atoms with E-state index in [2.05, 4.69) is 15.2 Å². The molecule has 4 heteroatoms. The first kappa shape index (κ1) is 5.43. The Bertz CT molecular complexity index is 65.3. The van der Waals surface area contributed by atoms with E-state index in [-0.39, 0.29) is 12.4 Å². The van der Waals surface area contributed by atoms with Crippen molar-refractivity contribution < 1.29 is 17.4 Å². The van der Waals surface area contributed by atoms with Crippen LogP contribution in [0.3, 0.4) is 0 Å². The smallest absolute Gasteiger partial charge is 0.262 e. The Morgan fingerprint density at radius 2 is 2.50 bits per heavy atom. The summed E-state index contributed by atoms with van der Waals surface area (Å²) in [5.74, 6) is 0. The maximum atomic E-state index is 3.54. The lowest BCUT2D eigenvalue weighted by atomic mass is 11.3. The fourth-order valence-corrected chi connectivity index (χ4v) is 0.186. The summed E-state index contributed by atoms with van der Waals surface area (Å²) in [7, 11) is 0. The predicted octanol–water partition coefficient (Wildman–Crippen LogP) is -3.77. The van der Waals surface area contributed by atoms with Crippen molar-refractivity contribution in [3.63, 3.8) is 0 Å². The first-order chi connectivity index (χ1) is 2.50. The van der Waals surface area contributed by atoms with E-state index in [1.165, 1.54) is 0 Å². The zero-order valence-corrected chi connectivity index (χ0v) is 3.74. The lowest BCUT2D eigenvalue weighted by molar-refractivity contribution is -0.377. The molecule has 0 unspecified atom stereocenters. The van der Waals surface area contributed by atoms with Gasteiger partial charge in [-0.1, -0.05) is 0 Å². The lowest BCUT2D eigenvalue weighted by Gasteiger charge is -1.34. The fraction of sp³-hybridized carbons (Fsp3) is 0. The Balaban J connectivity index is 0.000000250. The van der Waals surface area contributed by atoms with Crippen LogP contribution in [0.15, 0.2) is 12.7 Å². The summed E-state index contributed by atoms with van der Waals surface area (Å²) < 4.78 is 0. The zero-order chi connectivity index (χ0) is 3.54. The highest BCUT2D eigenvalue weighted by molar-refractivity contribution is 4.22. The maximum absolute atomic E-state index is 3.54. The van der Waals surface area contributed by atoms with E-state index >= 15 is 0 Å². The summed E-state index contributed by atoms with van der Waals surface area (Å²) in [6, 6.07) is 0. The van der Waals surface area contributed by atoms with E-state index in [9.17, 15) is 0 Å². The second-order valence-electron chi connectivity index (χ2n) is 0.698. The van der Waals surface area contributed by atoms with Crippen LogP contribution in [0.4, 0.5) is 0 Å². The summed E-state index contributed by atoms with van der Waals surface area (Å²) in [6.07, 6.45) is 3.21. The van der Waals surface area contributed by atoms with Crippen LogP contribution in [0.1, 0.15) is 0 Å². The number of aromatic amines is 2. The molecule has 0 bridgehead atoms. The van der Waals surface area contributed by atoms with Crippen LogP contribution in [0, 0.1) is 0 Å². The second-order valence-corrected chi connectivity index (χ2v) is 0.698. The molecule has 1 heterocycles. The molecule has 0 aromatic carbocycles. The van der Waals surface area contributed by atoms with Crippen molar-refractivity contribution >= 4 is 0 Å². The van der Waals surface area contributed by atoms with E-state index in [1.807, 2.05) is 0 Å². The minimum absolute atomic E-state index is 0. The third kappa shape index (κ3) is 1.03. The van der Waals surface area contributed by atoms with Crippen molar-refractivity contribution in [1.29, 1.82) is 0 Å². The summed E-state index contributed by atoms with van der Waals surface area (Å²) in [5.41, 5.74) is 0. The minimum Gasteiger partial charge on any atom is -1.00 e. The lowest BCUT2D eigenvalue weighted by Crippen LogP contribution is -3.00. The van der Waals surface area contributed by atoms with Crippen LogP contribution in [0.25, 0.3) is 0 Å². The Hall–Kier alpha value is -0.570. The van der Waals surface area contributed by atoms with Gasteiger partial charge in [-0.05, 0) is 0 Å². The van der Waals surface area contributed by atoms with Crippen LogP contribution in [0.2, 0.25) is 0 Å². The molecule has 1 rings (SSSR count). The predicted molar refractivity (Wildman–Crippen MR) is 15.1 cm³/mol. The molecular formula is C2H4ClN3. The highest BCUT2D eigenvalue weighted by Gasteiger charge is 1.68. The van der Waals surface area contributed by atoms with Gasteiger partial charge in [0.05, 0.1) is 0 Å². The minimum atomic E-state index is 0. The summed E-state index contributed by atoms with van der Waals surface area (Å²) in [5, 5.41) is 6.10. The second kappa shape index (κ2) is 2.66. The number of H-pyrrole nitrogens is 2. The number of rotatable bonds is 0. The standard InChI is InChI=1S/C2H3N3.ClH/c1-3-2-5-4-1;/h1-2H,(H,3,4,5);1H. The molecule has 2 N–H and O–H groups in total. The van der Waals surface area contributed by atoms with Crippen molar-refractivity contribution in [2.75, 3.05) is 0 Å². The Morgan fingerprint density at radius 1 is 1.67 bits per heavy atom. The van der Waals surface area contributed by atoms with Crippen LogP contribution in [0.5, 0.6) is 0 Å². The molecule has 1 aromatic rings. The quantitative estimate of drug-likeness (QED) is 0.362. The van der Waals surface area contributed by atoms with Crippen molar-refractivity contribution in [3.8, 4) is 0 Å². The molecule has 0 atom stereocenters. The average molecular weight is 106 g/mol. The van der Waals surface area contributed by atoms with Crippen LogP contribution in [-0.2, 0) is 0 Å². The van der Waals surface area contributed by atoms with Gasteiger partial charge in [-0.3, -0.25) is 4.98 Å². The molecule has 0 saturated carbocycles. The Labute approximate surface area is 41.2 Å². The molecule has 6 heavy (non-hydrogen) atoms. The molecule has 3 nitrogen and oxygen atoms in total. The highest BCUT2D eigenvalue weighted by Crippen LogP contribution is 1.41. The third-order valence-electron chi connectivity index (χ3n) is 0.362. The van der Waals surface area contributed by atoms with Crippen LogP contribution < -0.4 is 17.4 Å². The average Bonchev–Trinajstić information content (AvgIpc) is 1.76. The monoisotopic (exact) mass is 105 g/mol. The van der Waals surface area contributed by atoms with Crippen molar-refractivity contribution in [2.24, 2.45) is 0 Å². The number of halogens is 1. The van der Waals surface area contributed by atoms with Gasteiger partial charge in [-0.2, -0.15) is 0 Å². The molecule has 0 saturated heterocycles. The topological polar surface area (TPSA) is 42.8 Å². The van der Waals surface area contributed by atoms with Gasteiger partial charge in [-0.15, -0.1) is 5.10 Å². The SMILES string of the molecule is [Cl-].c1n[nH]c[nH+]1. The summed E-state index contributed by atoms with van der Waals surface area (Å²) >= 11 is 0. The molecule has 0 aliphatic rings. The van der Waals surface area contributed by atoms with Crippen molar-refractivity contribution in [3.05, 3.63) is 12.7 Å². The molecule has 0 radical (unpaired) electrons. The molecule has 34 valence electrons. The van der Waals surface area contributed by atoms with Gasteiger partial charge in [0.1, 0.15) is 0 Å². The zero-order valence-electron chi connectivity index (χ0n) is 2.98. The molecule has 0 spiro atoms. The van der Waals surface area contributed by atoms with Crippen molar-refractivity contribution in [1.82, 2.24) is 10.2 Å². The number of nitrogens with one attached hydrogen (secondary N) is 2. The highest BCUT2D eigenvalue weighted by atomic mass is 35.5. The van der Waals surface area contributed by atoms with E-state index in [1.54, 1.807) is 12.7 Å². The van der Waals surface area contributed by atoms with E-state index in [0.717, 1.165) is 0 Å². The van der Waals surface area contributed by atoms with Gasteiger partial charge in [-0.25, -0.2) is 0 Å². The first-order valence-corrected chi connectivity index (χ1v) is 1.35. The first-order valence-electron chi connectivity index (χ1n) is 1.35. The molecule has 0 fully saturated rings. The molecule has 0 amide bonds. The third-order valence-corrected chi connectivity index (χ3v) is 0.362. The van der Waals surface area contributed by atoms with Gasteiger partial charge < -0.3 is 12.4 Å². The Kier molecular flexibility index (Phi) is 2.40. The van der Waals surface area contributed by atoms with Crippen molar-refractivity contribution in [2.45, 2.75) is 0 Å². The summed E-state index contributed by atoms with van der Waals surface area (Å²) in [4.78, 5) is 2.69. The van der Waals surface area contributed by atoms with Gasteiger partial charge in [0.15, 0.2) is 0 Å². The van der Waals surface area contributed by atoms with Crippen LogP contribution in [-0.4, -0.2) is 10.2 Å². The Morgan fingerprint density at radius 3 is 2.67 bits per heavy atom. The fourth-order valence-electron chi connectivity index (χ4n) is 0.186. The van der Waals surface area contributed by atoms with Gasteiger partial charge in [0.25, 0.3) is 6.33 Å². The molecule has 0 aliphatic carbocycles. The van der Waals surface area contributed by atoms with Gasteiger partial charge in [0, 0.05) is 5.10 Å². The van der Waals surface area contributed by atoms with Crippen LogP contribution >= 0.6 is 0 Å². The molecule has 0 aliphatic heterocycles. The normalized spacial score (nSPS) is 6.67. The summed E-state index contributed by atoms with van der Waals surface area (Å²) in [6.45, 7) is 0. The number of hydrogen-bond acceptors (Lipinski definition) is 1. The number of aromatic nitrogens is 3. The molecular weight excluding hydrogens is 101 g/mol. The number of hydrogen-bond donors (Lipinski definition) is 1. The van der Waals surface area contributed by atoms with Gasteiger partial charge in [0.2, 0.25) is 6.33 Å². The largest absolute Gasteiger partial charge is 1.00 e. The number of nitrogens with zero attached hydrogens (tertiary/aromatic N) is 1.